The van der Waals surface area contributed by atoms with Crippen LogP contribution in [0.15, 0.2) is 22.7 Å². The Kier molecular flexibility index (Phi) is 4.18. The van der Waals surface area contributed by atoms with Crippen LogP contribution < -0.4 is 16.0 Å². The highest BCUT2D eigenvalue weighted by atomic mass is 79.9. The number of halogens is 3. The summed E-state index contributed by atoms with van der Waals surface area (Å²) in [6.45, 7) is 1.76. The number of ether oxygens (including phenoxy) is 1. The summed E-state index contributed by atoms with van der Waals surface area (Å²) in [5.74, 6) is 5.36. The Morgan fingerprint density at radius 1 is 1.37 bits per heavy atom. The predicted octanol–water partition coefficient (Wildman–Crippen LogP) is 3.42. The second-order valence-electron chi connectivity index (χ2n) is 3.61. The number of benzene rings is 1. The molecular weight excluding hydrogens is 339 g/mol. The largest absolute Gasteiger partial charge is 0.438 e. The molecule has 0 unspecified atom stereocenters. The molecule has 100 valence electrons. The molecule has 0 fully saturated rings. The van der Waals surface area contributed by atoms with Crippen molar-refractivity contribution >= 4 is 33.5 Å². The van der Waals surface area contributed by atoms with E-state index < -0.39 is 5.82 Å². The number of aromatic nitrogens is 2. The van der Waals surface area contributed by atoms with E-state index in [1.165, 1.54) is 12.1 Å². The topological polar surface area (TPSA) is 73.1 Å². The fourth-order valence-electron chi connectivity index (χ4n) is 1.35. The minimum Gasteiger partial charge on any atom is -0.438 e. The van der Waals surface area contributed by atoms with Crippen molar-refractivity contribution in [3.63, 3.8) is 0 Å². The van der Waals surface area contributed by atoms with Crippen molar-refractivity contribution in [3.8, 4) is 11.6 Å². The molecule has 2 aromatic rings. The van der Waals surface area contributed by atoms with Crippen LogP contribution in [0.3, 0.4) is 0 Å². The highest BCUT2D eigenvalue weighted by Gasteiger charge is 2.10. The summed E-state index contributed by atoms with van der Waals surface area (Å²) in [7, 11) is 0. The lowest BCUT2D eigenvalue weighted by Crippen LogP contribution is -2.11. The third-order valence-electron chi connectivity index (χ3n) is 2.15. The Morgan fingerprint density at radius 2 is 2.11 bits per heavy atom. The molecule has 0 amide bonds. The molecule has 0 saturated heterocycles. The number of rotatable bonds is 3. The molecule has 0 aliphatic heterocycles. The Hall–Kier alpha value is -1.44. The van der Waals surface area contributed by atoms with Crippen molar-refractivity contribution in [2.45, 2.75) is 6.92 Å². The molecule has 0 aliphatic carbocycles. The van der Waals surface area contributed by atoms with Gasteiger partial charge in [-0.2, -0.15) is 4.98 Å². The molecule has 1 aromatic carbocycles. The van der Waals surface area contributed by atoms with Gasteiger partial charge in [-0.1, -0.05) is 11.6 Å². The SMILES string of the molecule is Cc1cc(Oc2cc(F)c(Cl)cc2Br)nc(NN)n1. The lowest BCUT2D eigenvalue weighted by molar-refractivity contribution is 0.454. The van der Waals surface area contributed by atoms with Crippen molar-refractivity contribution in [1.29, 1.82) is 0 Å². The Balaban J connectivity index is 2.36. The van der Waals surface area contributed by atoms with Gasteiger partial charge in [-0.05, 0) is 28.9 Å². The van der Waals surface area contributed by atoms with Gasteiger partial charge in [-0.15, -0.1) is 0 Å². The molecule has 0 aliphatic rings. The number of hydrogen-bond donors (Lipinski definition) is 2. The summed E-state index contributed by atoms with van der Waals surface area (Å²) in [6, 6.07) is 4.17. The number of anilines is 1. The van der Waals surface area contributed by atoms with Gasteiger partial charge in [-0.25, -0.2) is 15.2 Å². The lowest BCUT2D eigenvalue weighted by Gasteiger charge is -2.09. The number of nitrogen functional groups attached to an aromatic ring is 1. The van der Waals surface area contributed by atoms with Crippen LogP contribution in [-0.2, 0) is 0 Å². The summed E-state index contributed by atoms with van der Waals surface area (Å²) in [4.78, 5) is 8.01. The third-order valence-corrected chi connectivity index (χ3v) is 3.06. The Morgan fingerprint density at radius 3 is 2.79 bits per heavy atom. The summed E-state index contributed by atoms with van der Waals surface area (Å²) < 4.78 is 19.4. The molecule has 1 heterocycles. The van der Waals surface area contributed by atoms with Crippen molar-refractivity contribution in [1.82, 2.24) is 9.97 Å². The second kappa shape index (κ2) is 5.68. The average Bonchev–Trinajstić information content (AvgIpc) is 2.35. The first-order chi connectivity index (χ1) is 8.99. The summed E-state index contributed by atoms with van der Waals surface area (Å²) >= 11 is 8.88. The molecule has 1 aromatic heterocycles. The van der Waals surface area contributed by atoms with E-state index in [0.29, 0.717) is 10.2 Å². The number of aryl methyl sites for hydroxylation is 1. The van der Waals surface area contributed by atoms with Gasteiger partial charge in [0.25, 0.3) is 0 Å². The highest BCUT2D eigenvalue weighted by Crippen LogP contribution is 2.33. The Labute approximate surface area is 122 Å². The molecule has 2 rings (SSSR count). The van der Waals surface area contributed by atoms with Gasteiger partial charge in [0.15, 0.2) is 0 Å². The van der Waals surface area contributed by atoms with E-state index in [4.69, 9.17) is 22.2 Å². The molecule has 5 nitrogen and oxygen atoms in total. The number of nitrogens with one attached hydrogen (secondary N) is 1. The third kappa shape index (κ3) is 3.31. The van der Waals surface area contributed by atoms with Crippen molar-refractivity contribution in [3.05, 3.63) is 39.2 Å². The number of nitrogens with zero attached hydrogens (tertiary/aromatic N) is 2. The second-order valence-corrected chi connectivity index (χ2v) is 4.88. The van der Waals surface area contributed by atoms with Crippen LogP contribution in [0.25, 0.3) is 0 Å². The molecular formula is C11H9BrClFN4O. The smallest absolute Gasteiger partial charge is 0.240 e. The van der Waals surface area contributed by atoms with Crippen molar-refractivity contribution < 1.29 is 9.13 Å². The Bertz CT molecular complexity index is 626. The minimum atomic E-state index is -0.581. The first-order valence-corrected chi connectivity index (χ1v) is 6.31. The van der Waals surface area contributed by atoms with Crippen LogP contribution in [0.4, 0.5) is 10.3 Å². The standard InChI is InChI=1S/C11H9BrClFN4O/c1-5-2-10(17-11(16-5)18-15)19-9-4-8(14)7(13)3-6(9)12/h2-4H,15H2,1H3,(H,16,17,18). The number of hydrazine groups is 1. The number of hydrogen-bond acceptors (Lipinski definition) is 5. The quantitative estimate of drug-likeness (QED) is 0.506. The highest BCUT2D eigenvalue weighted by molar-refractivity contribution is 9.10. The van der Waals surface area contributed by atoms with Gasteiger partial charge >= 0.3 is 0 Å². The summed E-state index contributed by atoms with van der Waals surface area (Å²) in [5.41, 5.74) is 2.98. The average molecular weight is 348 g/mol. The zero-order valence-electron chi connectivity index (χ0n) is 9.75. The minimum absolute atomic E-state index is 0.00223. The van der Waals surface area contributed by atoms with Crippen LogP contribution in [0.1, 0.15) is 5.69 Å². The zero-order chi connectivity index (χ0) is 14.0. The van der Waals surface area contributed by atoms with Gasteiger partial charge in [-0.3, -0.25) is 5.43 Å². The van der Waals surface area contributed by atoms with E-state index in [2.05, 4.69) is 31.3 Å². The maximum Gasteiger partial charge on any atom is 0.240 e. The number of nitrogens with two attached hydrogens (primary N) is 1. The van der Waals surface area contributed by atoms with E-state index in [1.54, 1.807) is 13.0 Å². The van der Waals surface area contributed by atoms with E-state index in [0.717, 1.165) is 0 Å². The molecule has 3 N–H and O–H groups in total. The van der Waals surface area contributed by atoms with Gasteiger partial charge in [0.05, 0.1) is 9.50 Å². The van der Waals surface area contributed by atoms with Gasteiger partial charge < -0.3 is 4.74 Å². The molecule has 0 radical (unpaired) electrons. The van der Waals surface area contributed by atoms with Crippen molar-refractivity contribution in [2.24, 2.45) is 5.84 Å². The van der Waals surface area contributed by atoms with Gasteiger partial charge in [0.2, 0.25) is 11.8 Å². The summed E-state index contributed by atoms with van der Waals surface area (Å²) in [6.07, 6.45) is 0. The van der Waals surface area contributed by atoms with Crippen LogP contribution in [0.5, 0.6) is 11.6 Å². The van der Waals surface area contributed by atoms with Crippen LogP contribution >= 0.6 is 27.5 Å². The first kappa shape index (κ1) is 14.0. The maximum absolute atomic E-state index is 13.4. The maximum atomic E-state index is 13.4. The normalized spacial score (nSPS) is 10.4. The van der Waals surface area contributed by atoms with E-state index in [9.17, 15) is 4.39 Å². The van der Waals surface area contributed by atoms with Crippen LogP contribution in [-0.4, -0.2) is 9.97 Å². The monoisotopic (exact) mass is 346 g/mol. The molecule has 0 saturated carbocycles. The molecule has 0 atom stereocenters. The molecule has 0 bridgehead atoms. The van der Waals surface area contributed by atoms with Gasteiger partial charge in [0, 0.05) is 17.8 Å². The first-order valence-electron chi connectivity index (χ1n) is 5.14. The molecule has 0 spiro atoms. The van der Waals surface area contributed by atoms with Gasteiger partial charge in [0.1, 0.15) is 11.6 Å². The fourth-order valence-corrected chi connectivity index (χ4v) is 2.07. The van der Waals surface area contributed by atoms with Crippen LogP contribution in [0, 0.1) is 12.7 Å². The van der Waals surface area contributed by atoms with Crippen LogP contribution in [0.2, 0.25) is 5.02 Å². The lowest BCUT2D eigenvalue weighted by atomic mass is 10.3. The predicted molar refractivity (Wildman–Crippen MR) is 73.8 cm³/mol. The molecule has 8 heteroatoms. The fraction of sp³-hybridized carbons (Fsp3) is 0.0909. The van der Waals surface area contributed by atoms with E-state index in [1.807, 2.05) is 0 Å². The summed E-state index contributed by atoms with van der Waals surface area (Å²) in [5, 5.41) is 0.00223. The van der Waals surface area contributed by atoms with E-state index >= 15 is 0 Å². The zero-order valence-corrected chi connectivity index (χ0v) is 12.1. The molecule has 19 heavy (non-hydrogen) atoms. The van der Waals surface area contributed by atoms with Crippen molar-refractivity contribution in [2.75, 3.05) is 5.43 Å². The van der Waals surface area contributed by atoms with E-state index in [-0.39, 0.29) is 22.6 Å².